The Kier molecular flexibility index (Phi) is 9.09. The molecule has 4 rings (SSSR count). The van der Waals surface area contributed by atoms with Gasteiger partial charge in [-0.1, -0.05) is 0 Å². The lowest BCUT2D eigenvalue weighted by Crippen LogP contribution is -2.30. The Morgan fingerprint density at radius 1 is 1.16 bits per heavy atom. The number of aromatic nitrogens is 2. The van der Waals surface area contributed by atoms with Crippen molar-refractivity contribution in [3.8, 4) is 17.0 Å². The number of ether oxygens (including phenoxy) is 2. The molecule has 0 aliphatic heterocycles. The number of halogens is 3. The second-order valence-corrected chi connectivity index (χ2v) is 13.4. The summed E-state index contributed by atoms with van der Waals surface area (Å²) in [6.45, 7) is 1.73. The number of nitrogens with two attached hydrogens (primary N) is 1. The summed E-state index contributed by atoms with van der Waals surface area (Å²) in [5.74, 6) is -1.66. The molecule has 8 nitrogen and oxygen atoms in total. The van der Waals surface area contributed by atoms with Gasteiger partial charge in [0.25, 0.3) is 0 Å². The topological polar surface area (TPSA) is 103 Å². The molecule has 1 unspecified atom stereocenters. The molecule has 0 bridgehead atoms. The zero-order valence-corrected chi connectivity index (χ0v) is 24.1. The Bertz CT molecular complexity index is 1470. The summed E-state index contributed by atoms with van der Waals surface area (Å²) in [5.41, 5.74) is 7.38. The summed E-state index contributed by atoms with van der Waals surface area (Å²) in [6, 6.07) is 11.8. The fourth-order valence-corrected chi connectivity index (χ4v) is 8.50. The molecule has 0 radical (unpaired) electrons. The van der Waals surface area contributed by atoms with Crippen LogP contribution in [0, 0.1) is 15.2 Å². The first-order valence-electron chi connectivity index (χ1n) is 11.2. The molecule has 0 saturated carbocycles. The second kappa shape index (κ2) is 12.1. The normalized spacial score (nSPS) is 12.2. The Morgan fingerprint density at radius 3 is 2.70 bits per heavy atom. The van der Waals surface area contributed by atoms with Crippen LogP contribution in [0.5, 0.6) is 5.75 Å². The number of hydrogen-bond acceptors (Lipinski definition) is 6. The average Bonchev–Trinajstić information content (AvgIpc) is 3.30. The summed E-state index contributed by atoms with van der Waals surface area (Å²) < 4.78 is 58.1. The third-order valence-corrected chi connectivity index (χ3v) is 10.0. The van der Waals surface area contributed by atoms with Crippen LogP contribution in [0.2, 0.25) is 0 Å². The second-order valence-electron chi connectivity index (χ2n) is 7.95. The lowest BCUT2D eigenvalue weighted by atomic mass is 10.1. The Labute approximate surface area is 230 Å². The van der Waals surface area contributed by atoms with Crippen LogP contribution in [0.15, 0.2) is 59.8 Å². The van der Waals surface area contributed by atoms with E-state index in [-0.39, 0.29) is 11.3 Å². The average molecular weight is 661 g/mol. The highest BCUT2D eigenvalue weighted by Gasteiger charge is 2.19. The molecule has 0 fully saturated rings. The maximum atomic E-state index is 14.8. The maximum Gasteiger partial charge on any atom is 0.201 e. The molecular weight excluding hydrogens is 634 g/mol. The van der Waals surface area contributed by atoms with Crippen LogP contribution in [0.25, 0.3) is 16.8 Å². The summed E-state index contributed by atoms with van der Waals surface area (Å²) in [4.78, 5) is 5.10. The number of nitrogens with one attached hydrogen (secondary N) is 2. The predicted octanol–water partition coefficient (Wildman–Crippen LogP) is 4.28. The minimum atomic E-state index is -2.89. The lowest BCUT2D eigenvalue weighted by molar-refractivity contribution is 0.147. The molecular formula is C24H27F2IN5O3PS. The molecule has 13 heteroatoms. The third-order valence-electron chi connectivity index (χ3n) is 5.55. The van der Waals surface area contributed by atoms with Gasteiger partial charge in [0, 0.05) is 45.2 Å². The number of benzene rings is 2. The number of thiol groups is 1. The number of rotatable bonds is 11. The van der Waals surface area contributed by atoms with Gasteiger partial charge in [-0.15, -0.1) is 0 Å². The van der Waals surface area contributed by atoms with E-state index in [9.17, 15) is 13.0 Å². The van der Waals surface area contributed by atoms with Gasteiger partial charge in [0.15, 0.2) is 17.4 Å². The first kappa shape index (κ1) is 27.8. The summed E-state index contributed by atoms with van der Waals surface area (Å²) >= 11 is 2.14. The monoisotopic (exact) mass is 661 g/mol. The SMILES string of the molecule is COc1ccc(-c2ccc3c(Nc4ccc([SH](=O)(P)NCCOCCN)c(I)c4)nccn23)c(F)c1F. The molecule has 4 aromatic rings. The highest BCUT2D eigenvalue weighted by molar-refractivity contribution is 14.1. The largest absolute Gasteiger partial charge is 0.494 e. The van der Waals surface area contributed by atoms with Crippen molar-refractivity contribution >= 4 is 57.8 Å². The molecule has 2 aromatic carbocycles. The van der Waals surface area contributed by atoms with E-state index in [0.717, 1.165) is 9.26 Å². The first-order valence-corrected chi connectivity index (χ1v) is 15.6. The van der Waals surface area contributed by atoms with Gasteiger partial charge in [0.1, 0.15) is 0 Å². The van der Waals surface area contributed by atoms with E-state index in [0.29, 0.717) is 48.2 Å². The molecule has 0 saturated heterocycles. The number of fused-ring (bicyclic) bond motifs is 1. The van der Waals surface area contributed by atoms with E-state index in [2.05, 4.69) is 46.1 Å². The minimum Gasteiger partial charge on any atom is -0.494 e. The van der Waals surface area contributed by atoms with E-state index in [4.69, 9.17) is 15.2 Å². The van der Waals surface area contributed by atoms with Crippen LogP contribution >= 0.6 is 31.0 Å². The number of nitrogens with zero attached hydrogens (tertiary/aromatic N) is 2. The van der Waals surface area contributed by atoms with Crippen molar-refractivity contribution in [3.63, 3.8) is 0 Å². The Balaban J connectivity index is 1.57. The van der Waals surface area contributed by atoms with Crippen molar-refractivity contribution in [2.24, 2.45) is 5.73 Å². The Hall–Kier alpha value is -2.22. The predicted molar refractivity (Wildman–Crippen MR) is 155 cm³/mol. The molecule has 0 spiro atoms. The Morgan fingerprint density at radius 2 is 1.97 bits per heavy atom. The fourth-order valence-electron chi connectivity index (χ4n) is 3.79. The van der Waals surface area contributed by atoms with Crippen molar-refractivity contribution in [2.45, 2.75) is 4.90 Å². The highest BCUT2D eigenvalue weighted by Crippen LogP contribution is 2.34. The molecule has 2 aromatic heterocycles. The summed E-state index contributed by atoms with van der Waals surface area (Å²) in [7, 11) is 0.815. The number of anilines is 2. The van der Waals surface area contributed by atoms with Crippen molar-refractivity contribution < 1.29 is 22.5 Å². The smallest absolute Gasteiger partial charge is 0.201 e. The molecule has 2 heterocycles. The third kappa shape index (κ3) is 6.10. The van der Waals surface area contributed by atoms with Gasteiger partial charge < -0.3 is 24.9 Å². The van der Waals surface area contributed by atoms with Gasteiger partial charge in [-0.05, 0) is 83.2 Å². The van der Waals surface area contributed by atoms with Gasteiger partial charge >= 0.3 is 0 Å². The van der Waals surface area contributed by atoms with Crippen molar-refractivity contribution in [1.29, 1.82) is 0 Å². The lowest BCUT2D eigenvalue weighted by Gasteiger charge is -2.22. The number of hydrogen-bond donors (Lipinski definition) is 4. The quantitative estimate of drug-likeness (QED) is 0.0829. The standard InChI is InChI=1S/C24H27F2IN5O3PS/c1-34-20-6-3-16(22(25)23(20)26)18-4-5-19-24(29-9-11-32(18)19)31-15-2-7-21(17(27)14-15)37(33,36)30-10-13-35-12-8-28/h2-7,9,11,14,37H,8,10,12-13,28,36H2,1H3,(H,29,31)(H,30,33). The molecule has 0 aliphatic carbocycles. The fraction of sp³-hybridized carbons (Fsp3) is 0.208. The van der Waals surface area contributed by atoms with Crippen LogP contribution in [-0.2, 0) is 14.5 Å². The van der Waals surface area contributed by atoms with E-state index < -0.39 is 21.4 Å². The van der Waals surface area contributed by atoms with Crippen molar-refractivity contribution in [3.05, 3.63) is 70.1 Å². The van der Waals surface area contributed by atoms with Gasteiger partial charge in [0.05, 0.1) is 31.5 Å². The maximum absolute atomic E-state index is 14.8. The zero-order chi connectivity index (χ0) is 26.6. The molecule has 37 heavy (non-hydrogen) atoms. The van der Waals surface area contributed by atoms with Crippen LogP contribution in [0.1, 0.15) is 0 Å². The molecule has 0 aliphatic rings. The molecule has 0 amide bonds. The van der Waals surface area contributed by atoms with Crippen molar-refractivity contribution in [2.75, 3.05) is 38.7 Å². The van der Waals surface area contributed by atoms with Crippen LogP contribution < -0.4 is 20.5 Å². The minimum absolute atomic E-state index is 0.103. The summed E-state index contributed by atoms with van der Waals surface area (Å²) in [5, 5.41) is 3.27. The molecule has 1 atom stereocenters. The van der Waals surface area contributed by atoms with Gasteiger partial charge in [-0.25, -0.2) is 9.37 Å². The first-order chi connectivity index (χ1) is 17.8. The van der Waals surface area contributed by atoms with E-state index in [1.54, 1.807) is 35.0 Å². The highest BCUT2D eigenvalue weighted by atomic mass is 127. The van der Waals surface area contributed by atoms with Crippen LogP contribution in [0.4, 0.5) is 20.3 Å². The van der Waals surface area contributed by atoms with E-state index in [1.807, 2.05) is 12.1 Å². The number of methoxy groups -OCH3 is 1. The zero-order valence-electron chi connectivity index (χ0n) is 19.9. The summed E-state index contributed by atoms with van der Waals surface area (Å²) in [6.07, 6.45) is 3.25. The van der Waals surface area contributed by atoms with Gasteiger partial charge in [0.2, 0.25) is 5.82 Å². The van der Waals surface area contributed by atoms with E-state index in [1.165, 1.54) is 19.2 Å². The molecule has 4 N–H and O–H groups in total. The van der Waals surface area contributed by atoms with Crippen LogP contribution in [-0.4, -0.2) is 47.0 Å². The van der Waals surface area contributed by atoms with E-state index >= 15 is 0 Å². The van der Waals surface area contributed by atoms with Gasteiger partial charge in [-0.2, -0.15) is 4.39 Å². The van der Waals surface area contributed by atoms with Crippen molar-refractivity contribution in [1.82, 2.24) is 14.1 Å². The van der Waals surface area contributed by atoms with Crippen LogP contribution in [0.3, 0.4) is 0 Å². The molecule has 198 valence electrons. The van der Waals surface area contributed by atoms with Gasteiger partial charge in [-0.3, -0.25) is 8.93 Å².